The van der Waals surface area contributed by atoms with Gasteiger partial charge in [-0.25, -0.2) is 0 Å². The Hall–Kier alpha value is 0.827. The number of halogens is 3. The Kier molecular flexibility index (Phi) is 4.23. The third-order valence-corrected chi connectivity index (χ3v) is 2.60. The zero-order valence-electron chi connectivity index (χ0n) is 3.79. The monoisotopic (exact) mass is 174 g/mol. The van der Waals surface area contributed by atoms with Gasteiger partial charge in [0.05, 0.1) is 0 Å². The van der Waals surface area contributed by atoms with Crippen LogP contribution in [0.5, 0.6) is 0 Å². The molecular weight excluding hydrogens is 170 g/mol. The first-order valence-electron chi connectivity index (χ1n) is 1.78. The number of rotatable bonds is 1. The van der Waals surface area contributed by atoms with Gasteiger partial charge in [-0.05, 0) is 0 Å². The molecule has 0 nitrogen and oxygen atoms in total. The highest BCUT2D eigenvalue weighted by atomic mass is 35.5. The van der Waals surface area contributed by atoms with Crippen LogP contribution in [0, 0.1) is 0 Å². The molecule has 0 radical (unpaired) electrons. The van der Waals surface area contributed by atoms with E-state index in [9.17, 15) is 0 Å². The molecule has 0 spiro atoms. The molecule has 0 aromatic heterocycles. The van der Waals surface area contributed by atoms with Crippen LogP contribution < -0.4 is 0 Å². The quantitative estimate of drug-likeness (QED) is 0.416. The van der Waals surface area contributed by atoms with E-state index < -0.39 is 4.84 Å². The van der Waals surface area contributed by atoms with Crippen molar-refractivity contribution in [3.05, 3.63) is 10.7 Å². The van der Waals surface area contributed by atoms with E-state index in [-0.39, 0.29) is 0 Å². The Morgan fingerprint density at radius 1 is 1.57 bits per heavy atom. The summed E-state index contributed by atoms with van der Waals surface area (Å²) >= 11 is 16.1. The largest absolute Gasteiger partial charge is 0.142 e. The van der Waals surface area contributed by atoms with Gasteiger partial charge < -0.3 is 0 Å². The van der Waals surface area contributed by atoms with E-state index in [4.69, 9.17) is 34.8 Å². The van der Waals surface area contributed by atoms with Crippen LogP contribution in [0.15, 0.2) is 10.7 Å². The maximum absolute atomic E-state index is 5.43. The van der Waals surface area contributed by atoms with Gasteiger partial charge in [0.25, 0.3) is 0 Å². The number of hydrogen-bond donors (Lipinski definition) is 0. The topological polar surface area (TPSA) is 0 Å². The van der Waals surface area contributed by atoms with Gasteiger partial charge >= 0.3 is 0 Å². The van der Waals surface area contributed by atoms with Crippen molar-refractivity contribution in [2.75, 3.05) is 0 Å². The minimum absolute atomic E-state index is 0.529. The summed E-state index contributed by atoms with van der Waals surface area (Å²) in [6.07, 6.45) is 0. The fourth-order valence-electron chi connectivity index (χ4n) is 0.126. The minimum Gasteiger partial charge on any atom is -0.0991 e. The Morgan fingerprint density at radius 3 is 2.00 bits per heavy atom. The van der Waals surface area contributed by atoms with Gasteiger partial charge in [-0.1, -0.05) is 40.5 Å². The van der Waals surface area contributed by atoms with Gasteiger partial charge in [0.1, 0.15) is 4.84 Å². The first-order chi connectivity index (χ1) is 3.18. The van der Waals surface area contributed by atoms with E-state index in [2.05, 4.69) is 0 Å². The third-order valence-electron chi connectivity index (χ3n) is 0.484. The highest BCUT2D eigenvalue weighted by Gasteiger charge is 1.99. The highest BCUT2D eigenvalue weighted by molar-refractivity contribution is 6.53. The summed E-state index contributed by atoms with van der Waals surface area (Å²) in [5.74, 6) is 0. The van der Waals surface area contributed by atoms with Crippen LogP contribution in [-0.2, 0) is 0 Å². The zero-order valence-corrected chi connectivity index (χ0v) is 8.06. The van der Waals surface area contributed by atoms with Crippen LogP contribution >= 0.6 is 34.8 Å². The molecule has 0 N–H and O–H groups in total. The lowest BCUT2D eigenvalue weighted by Crippen LogP contribution is -1.83. The lowest BCUT2D eigenvalue weighted by Gasteiger charge is -1.92. The first-order valence-corrected chi connectivity index (χ1v) is 4.19. The van der Waals surface area contributed by atoms with Gasteiger partial charge in [-0.2, -0.15) is 0 Å². The molecule has 7 heavy (non-hydrogen) atoms. The van der Waals surface area contributed by atoms with Gasteiger partial charge in [0, 0.05) is 15.3 Å². The highest BCUT2D eigenvalue weighted by Crippen LogP contribution is 2.16. The molecule has 0 aliphatic carbocycles. The van der Waals surface area contributed by atoms with Crippen molar-refractivity contribution < 1.29 is 0 Å². The second-order valence-corrected chi connectivity index (χ2v) is 3.08. The molecule has 42 valence electrons. The fourth-order valence-corrected chi connectivity index (χ4v) is 1.13. The molecule has 4 heteroatoms. The molecule has 0 heterocycles. The lowest BCUT2D eigenvalue weighted by atomic mass is 10.7. The molecule has 0 atom stereocenters. The molecular formula is C3H5Cl3Si. The van der Waals surface area contributed by atoms with E-state index in [1.165, 1.54) is 0 Å². The first kappa shape index (κ1) is 7.83. The molecule has 0 saturated heterocycles. The van der Waals surface area contributed by atoms with E-state index >= 15 is 0 Å². The van der Waals surface area contributed by atoms with Gasteiger partial charge in [0.15, 0.2) is 0 Å². The number of allylic oxidation sites excluding steroid dienone is 1. The summed E-state index contributed by atoms with van der Waals surface area (Å²) in [6.45, 7) is 0. The van der Waals surface area contributed by atoms with Gasteiger partial charge in [0.2, 0.25) is 0 Å². The van der Waals surface area contributed by atoms with Crippen molar-refractivity contribution in [1.82, 2.24) is 0 Å². The lowest BCUT2D eigenvalue weighted by molar-refractivity contribution is 1.56. The van der Waals surface area contributed by atoms with Crippen LogP contribution in [0.2, 0.25) is 0 Å². The minimum atomic E-state index is -0.529. The van der Waals surface area contributed by atoms with Crippen LogP contribution in [-0.4, -0.2) is 15.1 Å². The maximum Gasteiger partial charge on any atom is 0.142 e. The molecule has 0 unspecified atom stereocenters. The molecule has 0 saturated carbocycles. The Morgan fingerprint density at radius 2 is 2.00 bits per heavy atom. The van der Waals surface area contributed by atoms with E-state index in [0.29, 0.717) is 5.03 Å². The second kappa shape index (κ2) is 3.78. The van der Waals surface area contributed by atoms with E-state index in [0.717, 1.165) is 10.2 Å². The summed E-state index contributed by atoms with van der Waals surface area (Å²) in [5, 5.41) is 0.537. The standard InChI is InChI=1S/C3H5Cl3Si/c4-2(1-7)3(5)6/h1,3H,7H3. The Bertz CT molecular complexity index is 78.2. The summed E-state index contributed by atoms with van der Waals surface area (Å²) in [4.78, 5) is -0.529. The number of hydrogen-bond acceptors (Lipinski definition) is 0. The Balaban J connectivity index is 3.56. The van der Waals surface area contributed by atoms with Crippen LogP contribution in [0.3, 0.4) is 0 Å². The van der Waals surface area contributed by atoms with Gasteiger partial charge in [-0.15, -0.1) is 0 Å². The molecule has 0 amide bonds. The summed E-state index contributed by atoms with van der Waals surface area (Å²) in [6, 6.07) is 0. The van der Waals surface area contributed by atoms with Crippen molar-refractivity contribution in [1.29, 1.82) is 0 Å². The summed E-state index contributed by atoms with van der Waals surface area (Å²) < 4.78 is 0. The SMILES string of the molecule is [SiH3]C=C(Cl)C(Cl)Cl. The third kappa shape index (κ3) is 3.41. The summed E-state index contributed by atoms with van der Waals surface area (Å²) in [7, 11) is 0.908. The fraction of sp³-hybridized carbons (Fsp3) is 0.333. The normalized spacial score (nSPS) is 13.4. The second-order valence-electron chi connectivity index (χ2n) is 0.974. The van der Waals surface area contributed by atoms with Crippen molar-refractivity contribution in [2.45, 2.75) is 4.84 Å². The van der Waals surface area contributed by atoms with Gasteiger partial charge in [-0.3, -0.25) is 0 Å². The molecule has 0 fully saturated rings. The van der Waals surface area contributed by atoms with Crippen molar-refractivity contribution in [3.8, 4) is 0 Å². The van der Waals surface area contributed by atoms with Crippen LogP contribution in [0.4, 0.5) is 0 Å². The van der Waals surface area contributed by atoms with Crippen molar-refractivity contribution in [2.24, 2.45) is 0 Å². The van der Waals surface area contributed by atoms with E-state index in [1.54, 1.807) is 5.70 Å². The predicted molar refractivity (Wildman–Crippen MR) is 39.4 cm³/mol. The van der Waals surface area contributed by atoms with Crippen molar-refractivity contribution in [3.63, 3.8) is 0 Å². The van der Waals surface area contributed by atoms with Crippen LogP contribution in [0.25, 0.3) is 0 Å². The Labute approximate surface area is 60.9 Å². The predicted octanol–water partition coefficient (Wildman–Crippen LogP) is 1.24. The molecule has 0 aromatic carbocycles. The molecule has 0 bridgehead atoms. The van der Waals surface area contributed by atoms with Crippen molar-refractivity contribution >= 4 is 45.0 Å². The van der Waals surface area contributed by atoms with E-state index in [1.807, 2.05) is 0 Å². The molecule has 0 aliphatic rings. The average molecular weight is 176 g/mol. The maximum atomic E-state index is 5.43. The molecule has 0 rings (SSSR count). The van der Waals surface area contributed by atoms with Crippen LogP contribution in [0.1, 0.15) is 0 Å². The number of alkyl halides is 2. The molecule has 0 aromatic rings. The average Bonchev–Trinajstić information content (AvgIpc) is 1.65. The molecule has 0 aliphatic heterocycles. The zero-order chi connectivity index (χ0) is 5.86. The smallest absolute Gasteiger partial charge is 0.0991 e. The summed E-state index contributed by atoms with van der Waals surface area (Å²) in [5.41, 5.74) is 1.80.